The molecule has 4 heteroatoms. The topological polar surface area (TPSA) is 70.2 Å². The summed E-state index contributed by atoms with van der Waals surface area (Å²) < 4.78 is 0. The maximum absolute atomic E-state index is 10.8. The van der Waals surface area contributed by atoms with Gasteiger partial charge in [0.2, 0.25) is 6.41 Å². The predicted molar refractivity (Wildman–Crippen MR) is 95.4 cm³/mol. The van der Waals surface area contributed by atoms with Crippen LogP contribution >= 0.6 is 0 Å². The van der Waals surface area contributed by atoms with E-state index in [0.29, 0.717) is 18.8 Å². The van der Waals surface area contributed by atoms with Gasteiger partial charge in [-0.1, -0.05) is 36.4 Å². The highest BCUT2D eigenvalue weighted by atomic mass is 16.1. The highest BCUT2D eigenvalue weighted by Gasteiger charge is 2.06. The maximum Gasteiger partial charge on any atom is 0.215 e. The molecular weight excluding hydrogens is 286 g/mol. The first-order valence-electron chi connectivity index (χ1n) is 7.88. The Morgan fingerprint density at radius 3 is 2.52 bits per heavy atom. The van der Waals surface area contributed by atoms with Crippen LogP contribution in [0.15, 0.2) is 48.5 Å². The minimum atomic E-state index is 0.388. The summed E-state index contributed by atoms with van der Waals surface area (Å²) in [6.45, 7) is 2.43. The lowest BCUT2D eigenvalue weighted by atomic mass is 10.0. The number of carbonyl (C=O) groups excluding carboxylic acids is 1. The van der Waals surface area contributed by atoms with Crippen molar-refractivity contribution in [3.05, 3.63) is 54.1 Å². The molecule has 1 amide bonds. The highest BCUT2D eigenvalue weighted by Crippen LogP contribution is 2.22. The normalized spacial score (nSPS) is 10.3. The number of nitrogen functional groups attached to an aromatic ring is 1. The molecule has 0 bridgehead atoms. The van der Waals surface area contributed by atoms with E-state index in [0.717, 1.165) is 36.1 Å². The molecule has 0 fully saturated rings. The lowest BCUT2D eigenvalue weighted by Crippen LogP contribution is -2.28. The number of nitrogens with two attached hydrogens (primary N) is 1. The van der Waals surface area contributed by atoms with Gasteiger partial charge in [0.15, 0.2) is 0 Å². The van der Waals surface area contributed by atoms with E-state index < -0.39 is 0 Å². The number of amides is 1. The van der Waals surface area contributed by atoms with Crippen LogP contribution in [-0.4, -0.2) is 23.7 Å². The van der Waals surface area contributed by atoms with E-state index in [2.05, 4.69) is 24.3 Å². The molecule has 3 N–H and O–H groups in total. The number of rotatable bonds is 7. The van der Waals surface area contributed by atoms with Crippen molar-refractivity contribution in [1.29, 1.82) is 5.41 Å². The smallest absolute Gasteiger partial charge is 0.215 e. The molecule has 2 aromatic carbocycles. The number of aryl methyl sites for hydroxylation is 1. The number of hydrogen-bond donors (Lipinski definition) is 2. The van der Waals surface area contributed by atoms with E-state index in [1.54, 1.807) is 0 Å². The van der Waals surface area contributed by atoms with Gasteiger partial charge >= 0.3 is 0 Å². The van der Waals surface area contributed by atoms with E-state index in [-0.39, 0.29) is 0 Å². The molecule has 0 atom stereocenters. The monoisotopic (exact) mass is 309 g/mol. The second-order valence-corrected chi connectivity index (χ2v) is 5.51. The third-order valence-electron chi connectivity index (χ3n) is 3.87. The van der Waals surface area contributed by atoms with Crippen LogP contribution in [0.2, 0.25) is 0 Å². The third kappa shape index (κ3) is 4.68. The van der Waals surface area contributed by atoms with Crippen LogP contribution < -0.4 is 5.73 Å². The summed E-state index contributed by atoms with van der Waals surface area (Å²) in [6, 6.07) is 16.3. The molecule has 2 aromatic rings. The van der Waals surface area contributed by atoms with Crippen molar-refractivity contribution in [3.63, 3.8) is 0 Å². The summed E-state index contributed by atoms with van der Waals surface area (Å²) in [4.78, 5) is 12.2. The molecule has 0 spiro atoms. The molecule has 0 aliphatic rings. The standard InChI is InChI=1S/C19H23N3O/c1-2-22(14-23)19(21)8-3-5-15-9-11-16(12-10-15)17-6-4-7-18(20)13-17/h4,6-7,9-14,21H,2-3,5,8,20H2,1H3. The fourth-order valence-corrected chi connectivity index (χ4v) is 2.51. The Balaban J connectivity index is 1.91. The van der Waals surface area contributed by atoms with Crippen LogP contribution in [0.5, 0.6) is 0 Å². The van der Waals surface area contributed by atoms with Crippen molar-refractivity contribution in [2.24, 2.45) is 0 Å². The number of amidine groups is 1. The fourth-order valence-electron chi connectivity index (χ4n) is 2.51. The summed E-state index contributed by atoms with van der Waals surface area (Å²) in [5.41, 5.74) is 10.1. The number of anilines is 1. The Labute approximate surface area is 137 Å². The molecule has 4 nitrogen and oxygen atoms in total. The summed E-state index contributed by atoms with van der Waals surface area (Å²) in [5, 5.41) is 7.86. The number of benzene rings is 2. The molecule has 0 aliphatic carbocycles. The Morgan fingerprint density at radius 2 is 1.91 bits per heavy atom. The average Bonchev–Trinajstić information content (AvgIpc) is 2.56. The van der Waals surface area contributed by atoms with Crippen LogP contribution in [0.1, 0.15) is 25.3 Å². The van der Waals surface area contributed by atoms with Gasteiger partial charge in [0.1, 0.15) is 5.84 Å². The van der Waals surface area contributed by atoms with Gasteiger partial charge in [-0.2, -0.15) is 0 Å². The van der Waals surface area contributed by atoms with E-state index in [9.17, 15) is 4.79 Å². The van der Waals surface area contributed by atoms with Crippen molar-refractivity contribution in [1.82, 2.24) is 4.90 Å². The molecule has 0 saturated heterocycles. The number of nitrogens with one attached hydrogen (secondary N) is 1. The Hall–Kier alpha value is -2.62. The number of carbonyl (C=O) groups is 1. The quantitative estimate of drug-likeness (QED) is 0.354. The van der Waals surface area contributed by atoms with Gasteiger partial charge in [0, 0.05) is 18.7 Å². The molecule has 23 heavy (non-hydrogen) atoms. The van der Waals surface area contributed by atoms with Crippen molar-refractivity contribution in [3.8, 4) is 11.1 Å². The minimum absolute atomic E-state index is 0.388. The molecule has 0 aromatic heterocycles. The maximum atomic E-state index is 10.8. The Kier molecular flexibility index (Phi) is 5.92. The third-order valence-corrected chi connectivity index (χ3v) is 3.87. The van der Waals surface area contributed by atoms with Crippen LogP contribution in [0, 0.1) is 5.41 Å². The molecule has 0 unspecified atom stereocenters. The van der Waals surface area contributed by atoms with Gasteiger partial charge in [-0.15, -0.1) is 0 Å². The van der Waals surface area contributed by atoms with E-state index in [1.165, 1.54) is 10.5 Å². The first-order chi connectivity index (χ1) is 11.1. The second kappa shape index (κ2) is 8.13. The molecule has 0 radical (unpaired) electrons. The molecule has 2 rings (SSSR count). The van der Waals surface area contributed by atoms with Crippen molar-refractivity contribution >= 4 is 17.9 Å². The van der Waals surface area contributed by atoms with Crippen LogP contribution in [0.3, 0.4) is 0 Å². The first kappa shape index (κ1) is 16.7. The lowest BCUT2D eigenvalue weighted by molar-refractivity contribution is -0.114. The van der Waals surface area contributed by atoms with E-state index >= 15 is 0 Å². The molecule has 0 heterocycles. The van der Waals surface area contributed by atoms with Crippen molar-refractivity contribution in [2.45, 2.75) is 26.2 Å². The van der Waals surface area contributed by atoms with Crippen LogP contribution in [0.4, 0.5) is 5.69 Å². The SMILES string of the molecule is CCN(C=O)C(=N)CCCc1ccc(-c2cccc(N)c2)cc1. The largest absolute Gasteiger partial charge is 0.399 e. The van der Waals surface area contributed by atoms with Gasteiger partial charge in [-0.05, 0) is 48.6 Å². The van der Waals surface area contributed by atoms with Gasteiger partial charge in [0.05, 0.1) is 0 Å². The lowest BCUT2D eigenvalue weighted by Gasteiger charge is -2.15. The van der Waals surface area contributed by atoms with Crippen LogP contribution in [0.25, 0.3) is 11.1 Å². The molecule has 0 aliphatic heterocycles. The van der Waals surface area contributed by atoms with Gasteiger partial charge in [0.25, 0.3) is 0 Å². The molecule has 0 saturated carbocycles. The zero-order chi connectivity index (χ0) is 16.7. The van der Waals surface area contributed by atoms with Crippen molar-refractivity contribution < 1.29 is 4.79 Å². The van der Waals surface area contributed by atoms with Gasteiger partial charge in [-0.3, -0.25) is 10.2 Å². The van der Waals surface area contributed by atoms with E-state index in [4.69, 9.17) is 11.1 Å². The molecule has 120 valence electrons. The van der Waals surface area contributed by atoms with Crippen LogP contribution in [-0.2, 0) is 11.2 Å². The Morgan fingerprint density at radius 1 is 1.17 bits per heavy atom. The summed E-state index contributed by atoms with van der Waals surface area (Å²) in [5.74, 6) is 0.388. The number of hydrogen-bond acceptors (Lipinski definition) is 3. The average molecular weight is 309 g/mol. The fraction of sp³-hybridized carbons (Fsp3) is 0.263. The van der Waals surface area contributed by atoms with Gasteiger partial charge < -0.3 is 10.6 Å². The minimum Gasteiger partial charge on any atom is -0.399 e. The summed E-state index contributed by atoms with van der Waals surface area (Å²) in [6.07, 6.45) is 3.10. The summed E-state index contributed by atoms with van der Waals surface area (Å²) in [7, 11) is 0. The summed E-state index contributed by atoms with van der Waals surface area (Å²) >= 11 is 0. The predicted octanol–water partition coefficient (Wildman–Crippen LogP) is 3.71. The van der Waals surface area contributed by atoms with Gasteiger partial charge in [-0.25, -0.2) is 0 Å². The first-order valence-corrected chi connectivity index (χ1v) is 7.88. The highest BCUT2D eigenvalue weighted by molar-refractivity contribution is 5.88. The number of nitrogens with zero attached hydrogens (tertiary/aromatic N) is 1. The zero-order valence-electron chi connectivity index (χ0n) is 13.5. The Bertz CT molecular complexity index is 665. The van der Waals surface area contributed by atoms with Crippen molar-refractivity contribution in [2.75, 3.05) is 12.3 Å². The zero-order valence-corrected chi connectivity index (χ0v) is 13.5. The van der Waals surface area contributed by atoms with E-state index in [1.807, 2.05) is 31.2 Å². The molecular formula is C19H23N3O. The second-order valence-electron chi connectivity index (χ2n) is 5.51.